The van der Waals surface area contributed by atoms with Gasteiger partial charge in [0.2, 0.25) is 0 Å². The Morgan fingerprint density at radius 3 is 2.44 bits per heavy atom. The van der Waals surface area contributed by atoms with Gasteiger partial charge in [0, 0.05) is 0 Å². The number of halogens is 2. The normalized spacial score (nSPS) is 10.1. The Kier molecular flexibility index (Phi) is 4.10. The zero-order chi connectivity index (χ0) is 13.0. The van der Waals surface area contributed by atoms with Crippen LogP contribution in [0.15, 0.2) is 48.5 Å². The van der Waals surface area contributed by atoms with Gasteiger partial charge in [0.15, 0.2) is 0 Å². The topological polar surface area (TPSA) is 26.3 Å². The molecule has 92 valence electrons. The van der Waals surface area contributed by atoms with E-state index in [0.29, 0.717) is 5.56 Å². The third kappa shape index (κ3) is 2.76. The van der Waals surface area contributed by atoms with Crippen LogP contribution < -0.4 is 0 Å². The summed E-state index contributed by atoms with van der Waals surface area (Å²) in [7, 11) is 0. The Morgan fingerprint density at radius 2 is 1.78 bits per heavy atom. The van der Waals surface area contributed by atoms with Gasteiger partial charge in [-0.1, -0.05) is 30.3 Å². The Labute approximate surface area is 113 Å². The lowest BCUT2D eigenvalue weighted by molar-refractivity contribution is 0.0585. The molecule has 0 aliphatic rings. The second kappa shape index (κ2) is 5.78. The van der Waals surface area contributed by atoms with Crippen molar-refractivity contribution in [3.63, 3.8) is 0 Å². The van der Waals surface area contributed by atoms with Crippen LogP contribution in [0.25, 0.3) is 11.1 Å². The van der Waals surface area contributed by atoms with Crippen LogP contribution in [-0.4, -0.2) is 11.5 Å². The second-order valence-electron chi connectivity index (χ2n) is 3.59. The lowest BCUT2D eigenvalue weighted by Crippen LogP contribution is -2.05. The van der Waals surface area contributed by atoms with Gasteiger partial charge >= 0.3 is 5.97 Å². The number of hydrogen-bond acceptors (Lipinski definition) is 2. The van der Waals surface area contributed by atoms with Crippen molar-refractivity contribution in [3.05, 3.63) is 59.9 Å². The van der Waals surface area contributed by atoms with E-state index in [-0.39, 0.29) is 11.3 Å². The summed E-state index contributed by atoms with van der Waals surface area (Å²) in [4.78, 5) is 11.8. The Balaban J connectivity index is 2.44. The maximum atomic E-state index is 12.9. The SMILES string of the molecule is O=C(OCBr)c1ccccc1-c1ccc(F)cc1. The molecule has 2 aromatic rings. The van der Waals surface area contributed by atoms with Crippen molar-refractivity contribution in [2.24, 2.45) is 0 Å². The molecule has 0 amide bonds. The summed E-state index contributed by atoms with van der Waals surface area (Å²) >= 11 is 3.04. The minimum Gasteiger partial charge on any atom is -0.450 e. The zero-order valence-corrected chi connectivity index (χ0v) is 11.0. The first-order valence-corrected chi connectivity index (χ1v) is 6.42. The molecule has 2 aromatic carbocycles. The molecule has 0 atom stereocenters. The molecule has 0 N–H and O–H groups in total. The average Bonchev–Trinajstić information content (AvgIpc) is 2.40. The van der Waals surface area contributed by atoms with Gasteiger partial charge in [0.05, 0.1) is 5.56 Å². The number of alkyl halides is 1. The largest absolute Gasteiger partial charge is 0.450 e. The molecule has 0 aromatic heterocycles. The second-order valence-corrected chi connectivity index (χ2v) is 4.05. The number of esters is 1. The van der Waals surface area contributed by atoms with E-state index in [4.69, 9.17) is 4.74 Å². The van der Waals surface area contributed by atoms with Crippen LogP contribution in [0.2, 0.25) is 0 Å². The number of benzene rings is 2. The highest BCUT2D eigenvalue weighted by Crippen LogP contribution is 2.24. The molecule has 0 fully saturated rings. The highest BCUT2D eigenvalue weighted by atomic mass is 79.9. The molecule has 0 saturated heterocycles. The van der Waals surface area contributed by atoms with E-state index in [1.54, 1.807) is 30.3 Å². The number of carbonyl (C=O) groups is 1. The average molecular weight is 309 g/mol. The molecule has 0 bridgehead atoms. The fraction of sp³-hybridized carbons (Fsp3) is 0.0714. The molecule has 0 aliphatic heterocycles. The molecule has 0 spiro atoms. The van der Waals surface area contributed by atoms with E-state index in [1.165, 1.54) is 12.1 Å². The van der Waals surface area contributed by atoms with Crippen molar-refractivity contribution in [3.8, 4) is 11.1 Å². The van der Waals surface area contributed by atoms with Crippen LogP contribution in [0.3, 0.4) is 0 Å². The molecule has 2 rings (SSSR count). The number of hydrogen-bond donors (Lipinski definition) is 0. The summed E-state index contributed by atoms with van der Waals surface area (Å²) in [5.74, 6) is -0.717. The predicted octanol–water partition coefficient (Wildman–Crippen LogP) is 4.00. The van der Waals surface area contributed by atoms with Crippen LogP contribution in [-0.2, 0) is 4.74 Å². The van der Waals surface area contributed by atoms with Crippen molar-refractivity contribution in [1.29, 1.82) is 0 Å². The van der Waals surface area contributed by atoms with Gasteiger partial charge in [-0.05, 0) is 45.3 Å². The van der Waals surface area contributed by atoms with E-state index in [9.17, 15) is 9.18 Å². The minimum absolute atomic E-state index is 0.142. The predicted molar refractivity (Wildman–Crippen MR) is 71.0 cm³/mol. The van der Waals surface area contributed by atoms with Crippen molar-refractivity contribution < 1.29 is 13.9 Å². The lowest BCUT2D eigenvalue weighted by atomic mass is 10.00. The summed E-state index contributed by atoms with van der Waals surface area (Å²) in [5, 5.41) is 0. The first-order valence-electron chi connectivity index (χ1n) is 5.30. The molecular formula is C14H10BrFO2. The fourth-order valence-electron chi connectivity index (χ4n) is 1.67. The third-order valence-corrected chi connectivity index (χ3v) is 2.72. The van der Waals surface area contributed by atoms with Gasteiger partial charge in [-0.15, -0.1) is 0 Å². The van der Waals surface area contributed by atoms with Crippen molar-refractivity contribution in [1.82, 2.24) is 0 Å². The van der Waals surface area contributed by atoms with Crippen LogP contribution in [0.1, 0.15) is 10.4 Å². The quantitative estimate of drug-likeness (QED) is 0.633. The molecule has 0 aliphatic carbocycles. The van der Waals surface area contributed by atoms with Gasteiger partial charge < -0.3 is 4.74 Å². The maximum Gasteiger partial charge on any atom is 0.339 e. The van der Waals surface area contributed by atoms with Gasteiger partial charge in [-0.3, -0.25) is 0 Å². The fourth-order valence-corrected chi connectivity index (χ4v) is 1.88. The van der Waals surface area contributed by atoms with E-state index in [2.05, 4.69) is 15.9 Å². The summed E-state index contributed by atoms with van der Waals surface area (Å²) < 4.78 is 17.8. The Hall–Kier alpha value is -1.68. The minimum atomic E-state index is -0.410. The standard InChI is InChI=1S/C14H10BrFO2/c15-9-18-14(17)13-4-2-1-3-12(13)10-5-7-11(16)8-6-10/h1-8H,9H2. The van der Waals surface area contributed by atoms with E-state index >= 15 is 0 Å². The molecule has 4 heteroatoms. The zero-order valence-electron chi connectivity index (χ0n) is 9.40. The molecule has 2 nitrogen and oxygen atoms in total. The van der Waals surface area contributed by atoms with Crippen molar-refractivity contribution in [2.75, 3.05) is 5.52 Å². The summed E-state index contributed by atoms with van der Waals surface area (Å²) in [6, 6.07) is 13.1. The highest BCUT2D eigenvalue weighted by molar-refractivity contribution is 9.09. The smallest absolute Gasteiger partial charge is 0.339 e. The molecular weight excluding hydrogens is 299 g/mol. The van der Waals surface area contributed by atoms with Crippen LogP contribution in [0, 0.1) is 5.82 Å². The summed E-state index contributed by atoms with van der Waals surface area (Å²) in [6.07, 6.45) is 0. The van der Waals surface area contributed by atoms with Crippen LogP contribution >= 0.6 is 15.9 Å². The molecule has 0 radical (unpaired) electrons. The van der Waals surface area contributed by atoms with Gasteiger partial charge in [-0.2, -0.15) is 0 Å². The molecule has 18 heavy (non-hydrogen) atoms. The van der Waals surface area contributed by atoms with Gasteiger partial charge in [0.25, 0.3) is 0 Å². The lowest BCUT2D eigenvalue weighted by Gasteiger charge is -2.08. The van der Waals surface area contributed by atoms with E-state index in [1.807, 2.05) is 6.07 Å². The van der Waals surface area contributed by atoms with Gasteiger partial charge in [-0.25, -0.2) is 9.18 Å². The highest BCUT2D eigenvalue weighted by Gasteiger charge is 2.13. The molecule has 0 heterocycles. The summed E-state index contributed by atoms with van der Waals surface area (Å²) in [6.45, 7) is 0. The van der Waals surface area contributed by atoms with Gasteiger partial charge in [0.1, 0.15) is 11.3 Å². The Morgan fingerprint density at radius 1 is 1.11 bits per heavy atom. The first kappa shape index (κ1) is 12.8. The van der Waals surface area contributed by atoms with Crippen LogP contribution in [0.4, 0.5) is 4.39 Å². The summed E-state index contributed by atoms with van der Waals surface area (Å²) in [5.41, 5.74) is 2.11. The van der Waals surface area contributed by atoms with Crippen molar-refractivity contribution in [2.45, 2.75) is 0 Å². The van der Waals surface area contributed by atoms with E-state index < -0.39 is 5.97 Å². The monoisotopic (exact) mass is 308 g/mol. The van der Waals surface area contributed by atoms with Crippen molar-refractivity contribution >= 4 is 21.9 Å². The molecule has 0 unspecified atom stereocenters. The maximum absolute atomic E-state index is 12.9. The number of carbonyl (C=O) groups excluding carboxylic acids is 1. The first-order chi connectivity index (χ1) is 8.72. The van der Waals surface area contributed by atoms with Crippen LogP contribution in [0.5, 0.6) is 0 Å². The Bertz CT molecular complexity index is 552. The van der Waals surface area contributed by atoms with E-state index in [0.717, 1.165) is 11.1 Å². The number of ether oxygens (including phenoxy) is 1. The number of rotatable bonds is 3. The third-order valence-electron chi connectivity index (χ3n) is 2.49. The molecule has 0 saturated carbocycles.